The first-order valence-electron chi connectivity index (χ1n) is 4.96. The molecule has 0 saturated carbocycles. The molecule has 1 amide bonds. The molecule has 2 heterocycles. The van der Waals surface area contributed by atoms with Crippen LogP contribution in [0.2, 0.25) is 0 Å². The van der Waals surface area contributed by atoms with Gasteiger partial charge >= 0.3 is 0 Å². The number of ether oxygens (including phenoxy) is 1. The van der Waals surface area contributed by atoms with E-state index in [1.54, 1.807) is 0 Å². The predicted octanol–water partition coefficient (Wildman–Crippen LogP) is 0.353. The monoisotopic (exact) mass is 261 g/mol. The average Bonchev–Trinajstić information content (AvgIpc) is 2.23. The third-order valence-electron chi connectivity index (χ3n) is 2.31. The van der Waals surface area contributed by atoms with E-state index in [4.69, 9.17) is 4.74 Å². The zero-order valence-corrected chi connectivity index (χ0v) is 10.0. The maximum absolute atomic E-state index is 13.4. The molecule has 0 unspecified atom stereocenters. The second-order valence-corrected chi connectivity index (χ2v) is 3.46. The van der Waals surface area contributed by atoms with Crippen LogP contribution in [0.5, 0.6) is 5.75 Å². The van der Waals surface area contributed by atoms with Gasteiger partial charge in [-0.05, 0) is 12.1 Å². The van der Waals surface area contributed by atoms with Crippen molar-refractivity contribution in [3.05, 3.63) is 23.8 Å². The van der Waals surface area contributed by atoms with Gasteiger partial charge in [-0.15, -0.1) is 12.4 Å². The number of hydrogen-bond donors (Lipinski definition) is 2. The summed E-state index contributed by atoms with van der Waals surface area (Å²) in [6, 6.07) is 2.86. The summed E-state index contributed by atoms with van der Waals surface area (Å²) < 4.78 is 18.7. The van der Waals surface area contributed by atoms with E-state index in [1.807, 2.05) is 0 Å². The Morgan fingerprint density at radius 1 is 1.59 bits per heavy atom. The zero-order chi connectivity index (χ0) is 11.5. The molecule has 0 atom stereocenters. The number of hydrogen-bond acceptors (Lipinski definition) is 4. The van der Waals surface area contributed by atoms with Crippen LogP contribution in [0.4, 0.5) is 4.39 Å². The Morgan fingerprint density at radius 2 is 2.29 bits per heavy atom. The Morgan fingerprint density at radius 3 is 2.76 bits per heavy atom. The van der Waals surface area contributed by atoms with E-state index in [-0.39, 0.29) is 30.0 Å². The number of nitrogens with zero attached hydrogens (tertiary/aromatic N) is 1. The van der Waals surface area contributed by atoms with Gasteiger partial charge in [-0.1, -0.05) is 0 Å². The quantitative estimate of drug-likeness (QED) is 0.771. The molecule has 0 aromatic carbocycles. The zero-order valence-electron chi connectivity index (χ0n) is 9.20. The summed E-state index contributed by atoms with van der Waals surface area (Å²) in [6.45, 7) is 1.41. The molecule has 2 N–H and O–H groups in total. The standard InChI is InChI=1S/C10H12FN3O2.ClH/c1-12-10(15)7-2-3-8(9(11)14-7)16-6-4-13-5-6;/h2-3,6,13H,4-5H2,1H3,(H,12,15);1H. The van der Waals surface area contributed by atoms with Crippen molar-refractivity contribution in [3.63, 3.8) is 0 Å². The first kappa shape index (κ1) is 13.7. The first-order chi connectivity index (χ1) is 7.70. The van der Waals surface area contributed by atoms with Crippen molar-refractivity contribution in [3.8, 4) is 5.75 Å². The van der Waals surface area contributed by atoms with Crippen molar-refractivity contribution < 1.29 is 13.9 Å². The number of pyridine rings is 1. The molecule has 1 aliphatic rings. The SMILES string of the molecule is CNC(=O)c1ccc(OC2CNC2)c(F)n1.Cl. The molecule has 1 aliphatic heterocycles. The molecule has 1 fully saturated rings. The lowest BCUT2D eigenvalue weighted by Crippen LogP contribution is -2.50. The molecule has 94 valence electrons. The van der Waals surface area contributed by atoms with Crippen LogP contribution >= 0.6 is 12.4 Å². The van der Waals surface area contributed by atoms with E-state index in [0.717, 1.165) is 0 Å². The first-order valence-corrected chi connectivity index (χ1v) is 4.96. The van der Waals surface area contributed by atoms with Gasteiger partial charge in [0.15, 0.2) is 5.75 Å². The molecule has 0 radical (unpaired) electrons. The van der Waals surface area contributed by atoms with Gasteiger partial charge in [0, 0.05) is 20.1 Å². The highest BCUT2D eigenvalue weighted by Gasteiger charge is 2.20. The average molecular weight is 262 g/mol. The molecule has 1 aromatic heterocycles. The molecule has 5 nitrogen and oxygen atoms in total. The number of aromatic nitrogens is 1. The highest BCUT2D eigenvalue weighted by Crippen LogP contribution is 2.17. The number of rotatable bonds is 3. The lowest BCUT2D eigenvalue weighted by Gasteiger charge is -2.27. The van der Waals surface area contributed by atoms with Crippen molar-refractivity contribution in [1.82, 2.24) is 15.6 Å². The maximum atomic E-state index is 13.4. The van der Waals surface area contributed by atoms with Crippen LogP contribution in [-0.2, 0) is 0 Å². The topological polar surface area (TPSA) is 63.2 Å². The van der Waals surface area contributed by atoms with E-state index in [9.17, 15) is 9.18 Å². The van der Waals surface area contributed by atoms with Crippen molar-refractivity contribution in [2.75, 3.05) is 20.1 Å². The van der Waals surface area contributed by atoms with E-state index < -0.39 is 11.9 Å². The van der Waals surface area contributed by atoms with Crippen LogP contribution in [0, 0.1) is 5.95 Å². The fraction of sp³-hybridized carbons (Fsp3) is 0.400. The smallest absolute Gasteiger partial charge is 0.269 e. The summed E-state index contributed by atoms with van der Waals surface area (Å²) in [6.07, 6.45) is -0.0119. The van der Waals surface area contributed by atoms with Gasteiger partial charge in [0.05, 0.1) is 0 Å². The molecule has 1 aromatic rings. The van der Waals surface area contributed by atoms with Gasteiger partial charge in [0.25, 0.3) is 11.9 Å². The Bertz CT molecular complexity index is 413. The van der Waals surface area contributed by atoms with Gasteiger partial charge in [-0.3, -0.25) is 4.79 Å². The minimum Gasteiger partial charge on any atom is -0.483 e. The third kappa shape index (κ3) is 3.04. The summed E-state index contributed by atoms with van der Waals surface area (Å²) in [5, 5.41) is 5.38. The molecule has 0 bridgehead atoms. The molecule has 7 heteroatoms. The largest absolute Gasteiger partial charge is 0.483 e. The van der Waals surface area contributed by atoms with Crippen LogP contribution in [0.25, 0.3) is 0 Å². The number of amides is 1. The minimum absolute atomic E-state index is 0. The van der Waals surface area contributed by atoms with E-state index >= 15 is 0 Å². The molecule has 0 spiro atoms. The number of nitrogens with one attached hydrogen (secondary N) is 2. The summed E-state index contributed by atoms with van der Waals surface area (Å²) in [7, 11) is 1.46. The molecule has 1 saturated heterocycles. The highest BCUT2D eigenvalue weighted by atomic mass is 35.5. The van der Waals surface area contributed by atoms with E-state index in [0.29, 0.717) is 13.1 Å². The molecule has 2 rings (SSSR count). The van der Waals surface area contributed by atoms with E-state index in [1.165, 1.54) is 19.2 Å². The van der Waals surface area contributed by atoms with E-state index in [2.05, 4.69) is 15.6 Å². The molecule has 0 aliphatic carbocycles. The third-order valence-corrected chi connectivity index (χ3v) is 2.31. The number of carbonyl (C=O) groups excluding carboxylic acids is 1. The Hall–Kier alpha value is -1.40. The van der Waals surface area contributed by atoms with Crippen molar-refractivity contribution in [1.29, 1.82) is 0 Å². The van der Waals surface area contributed by atoms with Crippen LogP contribution in [0.1, 0.15) is 10.5 Å². The lowest BCUT2D eigenvalue weighted by molar-refractivity contribution is 0.0956. The van der Waals surface area contributed by atoms with Crippen LogP contribution in [-0.4, -0.2) is 37.1 Å². The van der Waals surface area contributed by atoms with Gasteiger partial charge in [0.1, 0.15) is 11.8 Å². The molecular formula is C10H13ClFN3O2. The van der Waals surface area contributed by atoms with Gasteiger partial charge < -0.3 is 15.4 Å². The summed E-state index contributed by atoms with van der Waals surface area (Å²) >= 11 is 0. The van der Waals surface area contributed by atoms with Crippen molar-refractivity contribution in [2.45, 2.75) is 6.10 Å². The lowest BCUT2D eigenvalue weighted by atomic mass is 10.2. The Kier molecular flexibility index (Phi) is 4.65. The minimum atomic E-state index is -0.756. The number of carbonyl (C=O) groups is 1. The van der Waals surface area contributed by atoms with Crippen LogP contribution in [0.3, 0.4) is 0 Å². The Balaban J connectivity index is 0.00000144. The summed E-state index contributed by atoms with van der Waals surface area (Å²) in [5.41, 5.74) is 0.0408. The Labute approximate surface area is 104 Å². The molecule has 17 heavy (non-hydrogen) atoms. The normalized spacial score (nSPS) is 14.5. The van der Waals surface area contributed by atoms with Gasteiger partial charge in [-0.2, -0.15) is 4.39 Å². The van der Waals surface area contributed by atoms with Crippen LogP contribution in [0.15, 0.2) is 12.1 Å². The second-order valence-electron chi connectivity index (χ2n) is 3.46. The summed E-state index contributed by atoms with van der Waals surface area (Å²) in [4.78, 5) is 14.7. The van der Waals surface area contributed by atoms with Crippen molar-refractivity contribution >= 4 is 18.3 Å². The van der Waals surface area contributed by atoms with Gasteiger partial charge in [-0.25, -0.2) is 4.98 Å². The highest BCUT2D eigenvalue weighted by molar-refractivity contribution is 5.92. The summed E-state index contributed by atoms with van der Waals surface area (Å²) in [5.74, 6) is -1.09. The van der Waals surface area contributed by atoms with Gasteiger partial charge in [0.2, 0.25) is 0 Å². The molecular weight excluding hydrogens is 249 g/mol. The fourth-order valence-corrected chi connectivity index (χ4v) is 1.29. The van der Waals surface area contributed by atoms with Crippen molar-refractivity contribution in [2.24, 2.45) is 0 Å². The maximum Gasteiger partial charge on any atom is 0.269 e. The number of halogens is 2. The predicted molar refractivity (Wildman–Crippen MR) is 62.1 cm³/mol. The second kappa shape index (κ2) is 5.79. The van der Waals surface area contributed by atoms with Crippen LogP contribution < -0.4 is 15.4 Å². The fourth-order valence-electron chi connectivity index (χ4n) is 1.29.